The first-order valence-corrected chi connectivity index (χ1v) is 10.1. The van der Waals surface area contributed by atoms with Crippen LogP contribution in [0.1, 0.15) is 23.4 Å². The van der Waals surface area contributed by atoms with Gasteiger partial charge in [-0.05, 0) is 61.2 Å². The molecule has 3 aromatic heterocycles. The molecular formula is C20H18FN5OS. The van der Waals surface area contributed by atoms with Crippen molar-refractivity contribution in [1.29, 1.82) is 0 Å². The van der Waals surface area contributed by atoms with Crippen molar-refractivity contribution in [3.8, 4) is 17.3 Å². The van der Waals surface area contributed by atoms with Crippen LogP contribution in [0.5, 0.6) is 0 Å². The lowest BCUT2D eigenvalue weighted by atomic mass is 10.2. The van der Waals surface area contributed by atoms with Crippen molar-refractivity contribution in [2.24, 2.45) is 7.05 Å². The van der Waals surface area contributed by atoms with Gasteiger partial charge in [-0.2, -0.15) is 5.10 Å². The Hall–Kier alpha value is -2.87. The molecule has 8 heteroatoms. The maximum Gasteiger partial charge on any atom is 0.200 e. The molecule has 0 bridgehead atoms. The molecule has 0 unspecified atom stereocenters. The van der Waals surface area contributed by atoms with Crippen LogP contribution < -0.4 is 0 Å². The molecule has 0 aliphatic heterocycles. The molecule has 0 spiro atoms. The highest BCUT2D eigenvalue weighted by atomic mass is 32.2. The summed E-state index contributed by atoms with van der Waals surface area (Å²) in [4.78, 5) is 0. The summed E-state index contributed by atoms with van der Waals surface area (Å²) >= 11 is 1.61. The lowest BCUT2D eigenvalue weighted by Gasteiger charge is -2.05. The minimum absolute atomic E-state index is 0.238. The van der Waals surface area contributed by atoms with Crippen molar-refractivity contribution in [2.45, 2.75) is 30.2 Å². The number of furan rings is 1. The average molecular weight is 395 g/mol. The predicted octanol–water partition coefficient (Wildman–Crippen LogP) is 4.18. The van der Waals surface area contributed by atoms with E-state index in [2.05, 4.69) is 10.2 Å². The fourth-order valence-corrected chi connectivity index (χ4v) is 4.50. The smallest absolute Gasteiger partial charge is 0.200 e. The number of nitrogens with zero attached hydrogens (tertiary/aromatic N) is 5. The van der Waals surface area contributed by atoms with Crippen molar-refractivity contribution in [3.05, 3.63) is 65.4 Å². The van der Waals surface area contributed by atoms with Crippen LogP contribution in [0.15, 0.2) is 52.2 Å². The maximum absolute atomic E-state index is 13.3. The summed E-state index contributed by atoms with van der Waals surface area (Å²) in [6.07, 6.45) is 4.78. The zero-order chi connectivity index (χ0) is 19.1. The van der Waals surface area contributed by atoms with Crippen LogP contribution in [0.4, 0.5) is 4.39 Å². The lowest BCUT2D eigenvalue weighted by Crippen LogP contribution is -2.01. The highest BCUT2D eigenvalue weighted by Crippen LogP contribution is 2.32. The molecule has 0 saturated heterocycles. The Morgan fingerprint density at radius 2 is 2.00 bits per heavy atom. The number of benzene rings is 1. The zero-order valence-electron chi connectivity index (χ0n) is 15.3. The largest absolute Gasteiger partial charge is 0.461 e. The highest BCUT2D eigenvalue weighted by molar-refractivity contribution is 7.98. The van der Waals surface area contributed by atoms with E-state index in [-0.39, 0.29) is 5.82 Å². The van der Waals surface area contributed by atoms with E-state index in [0.29, 0.717) is 17.3 Å². The monoisotopic (exact) mass is 395 g/mol. The topological polar surface area (TPSA) is 61.7 Å². The van der Waals surface area contributed by atoms with Crippen molar-refractivity contribution < 1.29 is 8.81 Å². The van der Waals surface area contributed by atoms with Crippen LogP contribution in [-0.4, -0.2) is 24.5 Å². The molecule has 6 nitrogen and oxygen atoms in total. The summed E-state index contributed by atoms with van der Waals surface area (Å²) in [5.74, 6) is 1.87. The zero-order valence-corrected chi connectivity index (χ0v) is 16.1. The second-order valence-corrected chi connectivity index (χ2v) is 7.69. The fraction of sp³-hybridized carbons (Fsp3) is 0.250. The molecule has 28 heavy (non-hydrogen) atoms. The predicted molar refractivity (Wildman–Crippen MR) is 104 cm³/mol. The number of hydrogen-bond acceptors (Lipinski definition) is 5. The van der Waals surface area contributed by atoms with Crippen LogP contribution in [0, 0.1) is 5.82 Å². The summed E-state index contributed by atoms with van der Waals surface area (Å²) in [6.45, 7) is 0. The van der Waals surface area contributed by atoms with Gasteiger partial charge in [-0.25, -0.2) is 9.07 Å². The minimum Gasteiger partial charge on any atom is -0.461 e. The van der Waals surface area contributed by atoms with Crippen LogP contribution in [0.2, 0.25) is 0 Å². The van der Waals surface area contributed by atoms with E-state index in [0.717, 1.165) is 35.8 Å². The molecule has 0 amide bonds. The van der Waals surface area contributed by atoms with Gasteiger partial charge in [0.25, 0.3) is 0 Å². The molecule has 1 aromatic carbocycles. The Kier molecular flexibility index (Phi) is 4.27. The molecule has 0 saturated carbocycles. The normalized spacial score (nSPS) is 13.2. The first kappa shape index (κ1) is 17.2. The number of rotatable bonds is 5. The van der Waals surface area contributed by atoms with Gasteiger partial charge >= 0.3 is 0 Å². The summed E-state index contributed by atoms with van der Waals surface area (Å²) < 4.78 is 22.6. The molecule has 142 valence electrons. The van der Waals surface area contributed by atoms with E-state index in [9.17, 15) is 4.39 Å². The first-order valence-electron chi connectivity index (χ1n) is 9.12. The van der Waals surface area contributed by atoms with E-state index < -0.39 is 0 Å². The SMILES string of the molecule is Cn1c(SCc2nn(-c3ccc(F)cc3)c3c2CCC3)nnc1-c1ccco1. The van der Waals surface area contributed by atoms with E-state index in [1.165, 1.54) is 23.4 Å². The third kappa shape index (κ3) is 2.93. The van der Waals surface area contributed by atoms with Gasteiger partial charge in [-0.3, -0.25) is 0 Å². The van der Waals surface area contributed by atoms with Crippen molar-refractivity contribution >= 4 is 11.8 Å². The molecule has 4 aromatic rings. The van der Waals surface area contributed by atoms with Gasteiger partial charge < -0.3 is 8.98 Å². The Morgan fingerprint density at radius 1 is 1.14 bits per heavy atom. The summed E-state index contributed by atoms with van der Waals surface area (Å²) in [7, 11) is 1.93. The number of halogens is 1. The Morgan fingerprint density at radius 3 is 2.79 bits per heavy atom. The van der Waals surface area contributed by atoms with Gasteiger partial charge in [0.1, 0.15) is 5.82 Å². The quantitative estimate of drug-likeness (QED) is 0.475. The minimum atomic E-state index is -0.238. The number of hydrogen-bond donors (Lipinski definition) is 0. The summed E-state index contributed by atoms with van der Waals surface area (Å²) in [5, 5.41) is 14.2. The lowest BCUT2D eigenvalue weighted by molar-refractivity contribution is 0.572. The molecule has 0 atom stereocenters. The van der Waals surface area contributed by atoms with E-state index in [1.54, 1.807) is 30.2 Å². The van der Waals surface area contributed by atoms with Crippen LogP contribution in [-0.2, 0) is 25.6 Å². The Labute approximate surface area is 165 Å². The average Bonchev–Trinajstić information content (AvgIpc) is 3.47. The standard InChI is InChI=1S/C20H18FN5OS/c1-25-19(18-6-3-11-27-18)22-23-20(25)28-12-16-15-4-2-5-17(15)26(24-16)14-9-7-13(21)8-10-14/h3,6-11H,2,4-5,12H2,1H3. The molecule has 3 heterocycles. The van der Waals surface area contributed by atoms with Crippen LogP contribution >= 0.6 is 11.8 Å². The Bertz CT molecular complexity index is 1110. The number of aromatic nitrogens is 5. The van der Waals surface area contributed by atoms with Crippen LogP contribution in [0.25, 0.3) is 17.3 Å². The number of fused-ring (bicyclic) bond motifs is 1. The van der Waals surface area contributed by atoms with E-state index >= 15 is 0 Å². The van der Waals surface area contributed by atoms with Crippen molar-refractivity contribution in [3.63, 3.8) is 0 Å². The van der Waals surface area contributed by atoms with Gasteiger partial charge in [0.05, 0.1) is 17.6 Å². The van der Waals surface area contributed by atoms with Gasteiger partial charge in [-0.1, -0.05) is 11.8 Å². The maximum atomic E-state index is 13.3. The van der Waals surface area contributed by atoms with Gasteiger partial charge in [0.2, 0.25) is 0 Å². The second-order valence-electron chi connectivity index (χ2n) is 6.74. The van der Waals surface area contributed by atoms with Crippen molar-refractivity contribution in [1.82, 2.24) is 24.5 Å². The molecule has 0 N–H and O–H groups in total. The van der Waals surface area contributed by atoms with Gasteiger partial charge in [0, 0.05) is 18.5 Å². The highest BCUT2D eigenvalue weighted by Gasteiger charge is 2.24. The molecule has 0 radical (unpaired) electrons. The summed E-state index contributed by atoms with van der Waals surface area (Å²) in [5.41, 5.74) is 4.50. The summed E-state index contributed by atoms with van der Waals surface area (Å²) in [6, 6.07) is 10.2. The first-order chi connectivity index (χ1) is 13.7. The molecular weight excluding hydrogens is 377 g/mol. The third-order valence-electron chi connectivity index (χ3n) is 5.00. The molecule has 1 aliphatic rings. The second kappa shape index (κ2) is 6.94. The van der Waals surface area contributed by atoms with Crippen molar-refractivity contribution in [2.75, 3.05) is 0 Å². The number of thioether (sulfide) groups is 1. The molecule has 5 rings (SSSR count). The van der Waals surface area contributed by atoms with E-state index in [1.807, 2.05) is 28.4 Å². The molecule has 1 aliphatic carbocycles. The fourth-order valence-electron chi connectivity index (χ4n) is 3.62. The van der Waals surface area contributed by atoms with Crippen LogP contribution in [0.3, 0.4) is 0 Å². The van der Waals surface area contributed by atoms with E-state index in [4.69, 9.17) is 9.52 Å². The van der Waals surface area contributed by atoms with Gasteiger partial charge in [0.15, 0.2) is 16.7 Å². The van der Waals surface area contributed by atoms with Gasteiger partial charge in [-0.15, -0.1) is 10.2 Å². The molecule has 0 fully saturated rings. The Balaban J connectivity index is 1.41. The third-order valence-corrected chi connectivity index (χ3v) is 6.03.